The van der Waals surface area contributed by atoms with Crippen molar-refractivity contribution in [2.24, 2.45) is 0 Å². The lowest BCUT2D eigenvalue weighted by Crippen LogP contribution is -2.19. The highest BCUT2D eigenvalue weighted by atomic mass is 16.1. The minimum absolute atomic E-state index is 0.0317. The molecule has 0 N–H and O–H groups in total. The van der Waals surface area contributed by atoms with Gasteiger partial charge in [0.25, 0.3) is 0 Å². The van der Waals surface area contributed by atoms with Crippen molar-refractivity contribution in [2.75, 3.05) is 0 Å². The third-order valence-electron chi connectivity index (χ3n) is 2.93. The second-order valence-electron chi connectivity index (χ2n) is 6.53. The molecule has 92 valence electrons. The molecule has 17 heavy (non-hydrogen) atoms. The zero-order chi connectivity index (χ0) is 13.3. The van der Waals surface area contributed by atoms with Gasteiger partial charge in [-0.1, -0.05) is 59.7 Å². The third kappa shape index (κ3) is 3.08. The Bertz CT molecular complexity index is 417. The first-order valence-electron chi connectivity index (χ1n) is 6.03. The zero-order valence-electron chi connectivity index (χ0n) is 11.7. The molecule has 1 rings (SSSR count). The maximum atomic E-state index is 10.8. The molecule has 0 aliphatic heterocycles. The Morgan fingerprint density at radius 3 is 1.65 bits per heavy atom. The maximum absolute atomic E-state index is 10.8. The highest BCUT2D eigenvalue weighted by Crippen LogP contribution is 2.34. The van der Waals surface area contributed by atoms with Crippen molar-refractivity contribution in [1.29, 1.82) is 0 Å². The summed E-state index contributed by atoms with van der Waals surface area (Å²) in [5.74, 6) is 1.93. The minimum Gasteiger partial charge on any atom is -0.233 e. The normalized spacial score (nSPS) is 12.1. The molecule has 0 aliphatic rings. The fourth-order valence-corrected chi connectivity index (χ4v) is 2.09. The van der Waals surface area contributed by atoms with Crippen LogP contribution in [0, 0.1) is 0 Å². The summed E-state index contributed by atoms with van der Waals surface area (Å²) in [5.41, 5.74) is 3.50. The van der Waals surface area contributed by atoms with Crippen LogP contribution in [0.5, 0.6) is 0 Å². The van der Waals surface area contributed by atoms with Crippen LogP contribution in [0.1, 0.15) is 58.2 Å². The van der Waals surface area contributed by atoms with E-state index in [0.717, 1.165) is 5.56 Å². The summed E-state index contributed by atoms with van der Waals surface area (Å²) < 4.78 is 0. The summed E-state index contributed by atoms with van der Waals surface area (Å²) in [6.07, 6.45) is 1.57. The molecule has 0 aliphatic carbocycles. The summed E-state index contributed by atoms with van der Waals surface area (Å²) in [6.45, 7) is 13.0. The summed E-state index contributed by atoms with van der Waals surface area (Å²) in [4.78, 5) is 10.8. The van der Waals surface area contributed by atoms with Crippen LogP contribution in [0.3, 0.4) is 0 Å². The van der Waals surface area contributed by atoms with E-state index in [1.807, 2.05) is 5.94 Å². The van der Waals surface area contributed by atoms with Gasteiger partial charge in [0.2, 0.25) is 0 Å². The average Bonchev–Trinajstić information content (AvgIpc) is 2.15. The Kier molecular flexibility index (Phi) is 3.64. The lowest BCUT2D eigenvalue weighted by Gasteiger charge is -2.28. The molecule has 1 aromatic rings. The molecule has 1 aromatic carbocycles. The maximum Gasteiger partial charge on any atom is 0.125 e. The van der Waals surface area contributed by atoms with Gasteiger partial charge in [0.05, 0.1) is 0 Å². The van der Waals surface area contributed by atoms with Crippen molar-refractivity contribution in [3.8, 4) is 0 Å². The average molecular weight is 230 g/mol. The Hall–Kier alpha value is -1.33. The van der Waals surface area contributed by atoms with Crippen LogP contribution in [-0.4, -0.2) is 5.94 Å². The van der Waals surface area contributed by atoms with Gasteiger partial charge in [-0.15, -0.1) is 0 Å². The molecule has 0 saturated heterocycles. The standard InChI is InChI=1S/C16H22O/c1-15(2,3)13-8-7-9-14(16(4,5)6)12(13)10-11-17/h7-10H,1-6H3. The number of hydrogen-bond acceptors (Lipinski definition) is 1. The van der Waals surface area contributed by atoms with Gasteiger partial charge in [-0.05, 0) is 27.5 Å². The van der Waals surface area contributed by atoms with Gasteiger partial charge in [-0.25, -0.2) is 4.79 Å². The van der Waals surface area contributed by atoms with E-state index < -0.39 is 0 Å². The van der Waals surface area contributed by atoms with Crippen molar-refractivity contribution in [3.05, 3.63) is 34.9 Å². The second kappa shape index (κ2) is 4.50. The lowest BCUT2D eigenvalue weighted by molar-refractivity contribution is 0.564. The van der Waals surface area contributed by atoms with E-state index in [4.69, 9.17) is 0 Å². The molecular weight excluding hydrogens is 208 g/mol. The first kappa shape index (κ1) is 13.7. The van der Waals surface area contributed by atoms with Crippen LogP contribution < -0.4 is 0 Å². The number of carbonyl (C=O) groups excluding carboxylic acids is 1. The van der Waals surface area contributed by atoms with Crippen molar-refractivity contribution in [2.45, 2.75) is 52.4 Å². The van der Waals surface area contributed by atoms with Crippen molar-refractivity contribution < 1.29 is 4.79 Å². The number of rotatable bonds is 1. The smallest absolute Gasteiger partial charge is 0.125 e. The lowest BCUT2D eigenvalue weighted by atomic mass is 9.76. The molecule has 0 radical (unpaired) electrons. The Morgan fingerprint density at radius 2 is 1.35 bits per heavy atom. The van der Waals surface area contributed by atoms with E-state index in [1.54, 1.807) is 6.08 Å². The summed E-state index contributed by atoms with van der Waals surface area (Å²) in [6, 6.07) is 6.26. The molecule has 0 unspecified atom stereocenters. The first-order chi connectivity index (χ1) is 7.68. The quantitative estimate of drug-likeness (QED) is 0.663. The molecule has 0 bridgehead atoms. The molecule has 0 atom stereocenters. The SMILES string of the molecule is CC(C)(C)c1cccc(C(C)(C)C)c1C=C=O. The summed E-state index contributed by atoms with van der Waals surface area (Å²) in [7, 11) is 0. The van der Waals surface area contributed by atoms with E-state index in [1.165, 1.54) is 11.1 Å². The van der Waals surface area contributed by atoms with Crippen LogP contribution in [0.2, 0.25) is 0 Å². The van der Waals surface area contributed by atoms with Crippen molar-refractivity contribution in [1.82, 2.24) is 0 Å². The largest absolute Gasteiger partial charge is 0.233 e. The summed E-state index contributed by atoms with van der Waals surface area (Å²) >= 11 is 0. The predicted molar refractivity (Wildman–Crippen MR) is 74.0 cm³/mol. The second-order valence-corrected chi connectivity index (χ2v) is 6.53. The molecule has 0 saturated carbocycles. The van der Waals surface area contributed by atoms with E-state index in [9.17, 15) is 4.79 Å². The van der Waals surface area contributed by atoms with E-state index in [2.05, 4.69) is 59.7 Å². The molecule has 0 aromatic heterocycles. The number of hydrogen-bond donors (Lipinski definition) is 0. The monoisotopic (exact) mass is 230 g/mol. The Labute approximate surface area is 105 Å². The molecule has 0 amide bonds. The van der Waals surface area contributed by atoms with Gasteiger partial charge in [-0.2, -0.15) is 0 Å². The van der Waals surface area contributed by atoms with Gasteiger partial charge in [0.15, 0.2) is 0 Å². The van der Waals surface area contributed by atoms with Crippen LogP contribution in [0.15, 0.2) is 18.2 Å². The molecule has 0 heterocycles. The highest BCUT2D eigenvalue weighted by molar-refractivity contribution is 5.78. The predicted octanol–water partition coefficient (Wildman–Crippen LogP) is 4.13. The minimum atomic E-state index is 0.0317. The highest BCUT2D eigenvalue weighted by Gasteiger charge is 2.23. The van der Waals surface area contributed by atoms with E-state index >= 15 is 0 Å². The molecular formula is C16H22O. The molecule has 1 heteroatoms. The van der Waals surface area contributed by atoms with Crippen LogP contribution >= 0.6 is 0 Å². The van der Waals surface area contributed by atoms with Gasteiger partial charge in [0, 0.05) is 6.08 Å². The van der Waals surface area contributed by atoms with Crippen LogP contribution in [0.25, 0.3) is 6.08 Å². The fourth-order valence-electron chi connectivity index (χ4n) is 2.09. The number of benzene rings is 1. The van der Waals surface area contributed by atoms with Crippen LogP contribution in [0.4, 0.5) is 0 Å². The van der Waals surface area contributed by atoms with E-state index in [-0.39, 0.29) is 10.8 Å². The van der Waals surface area contributed by atoms with Crippen molar-refractivity contribution in [3.63, 3.8) is 0 Å². The van der Waals surface area contributed by atoms with Crippen molar-refractivity contribution >= 4 is 12.0 Å². The zero-order valence-corrected chi connectivity index (χ0v) is 11.7. The van der Waals surface area contributed by atoms with Gasteiger partial charge >= 0.3 is 0 Å². The summed E-state index contributed by atoms with van der Waals surface area (Å²) in [5, 5.41) is 0. The molecule has 0 spiro atoms. The fraction of sp³-hybridized carbons (Fsp3) is 0.500. The first-order valence-corrected chi connectivity index (χ1v) is 6.03. The Balaban J connectivity index is 3.60. The van der Waals surface area contributed by atoms with Crippen LogP contribution in [-0.2, 0) is 15.6 Å². The molecule has 0 fully saturated rings. The van der Waals surface area contributed by atoms with Gasteiger partial charge in [0.1, 0.15) is 5.94 Å². The van der Waals surface area contributed by atoms with E-state index in [0.29, 0.717) is 0 Å². The van der Waals surface area contributed by atoms with Gasteiger partial charge < -0.3 is 0 Å². The van der Waals surface area contributed by atoms with Gasteiger partial charge in [-0.3, -0.25) is 0 Å². The topological polar surface area (TPSA) is 17.1 Å². The molecule has 1 nitrogen and oxygen atoms in total. The Morgan fingerprint density at radius 1 is 0.941 bits per heavy atom. The third-order valence-corrected chi connectivity index (χ3v) is 2.93.